The van der Waals surface area contributed by atoms with Crippen LogP contribution in [-0.4, -0.2) is 32.8 Å². The molecule has 106 valence electrons. The second-order valence-corrected chi connectivity index (χ2v) is 4.74. The Morgan fingerprint density at radius 2 is 1.95 bits per heavy atom. The number of benzene rings is 1. The molecule has 19 heavy (non-hydrogen) atoms. The van der Waals surface area contributed by atoms with Gasteiger partial charge in [0.2, 0.25) is 5.91 Å². The van der Waals surface area contributed by atoms with Gasteiger partial charge in [-0.25, -0.2) is 0 Å². The Hall–Kier alpha value is -1.10. The number of methoxy groups -OCH3 is 2. The van der Waals surface area contributed by atoms with Crippen LogP contribution in [-0.2, 0) is 14.3 Å². The van der Waals surface area contributed by atoms with Crippen LogP contribution in [0.3, 0.4) is 0 Å². The minimum Gasteiger partial charge on any atom is -0.384 e. The first kappa shape index (κ1) is 16.0. The van der Waals surface area contributed by atoms with Crippen molar-refractivity contribution in [2.45, 2.75) is 25.5 Å². The first-order valence-electron chi connectivity index (χ1n) is 6.15. The molecule has 0 spiro atoms. The molecule has 0 saturated carbocycles. The van der Waals surface area contributed by atoms with Gasteiger partial charge in [-0.2, -0.15) is 0 Å². The molecule has 0 unspecified atom stereocenters. The molecule has 1 amide bonds. The molecule has 0 saturated heterocycles. The third-order valence-corrected chi connectivity index (χ3v) is 3.08. The summed E-state index contributed by atoms with van der Waals surface area (Å²) in [6, 6.07) is 7.28. The lowest BCUT2D eigenvalue weighted by Gasteiger charge is -2.24. The third-order valence-electron chi connectivity index (χ3n) is 2.83. The third kappa shape index (κ3) is 5.19. The number of hydrogen-bond donors (Lipinski definition) is 1. The van der Waals surface area contributed by atoms with E-state index in [4.69, 9.17) is 21.1 Å². The average Bonchev–Trinajstić information content (AvgIpc) is 2.39. The molecule has 4 nitrogen and oxygen atoms in total. The molecule has 0 aliphatic heterocycles. The zero-order chi connectivity index (χ0) is 14.3. The topological polar surface area (TPSA) is 47.6 Å². The highest BCUT2D eigenvalue weighted by Gasteiger charge is 2.20. The van der Waals surface area contributed by atoms with Crippen LogP contribution >= 0.6 is 11.6 Å². The van der Waals surface area contributed by atoms with Gasteiger partial charge in [-0.1, -0.05) is 23.7 Å². The number of amides is 1. The number of rotatable bonds is 7. The largest absolute Gasteiger partial charge is 0.384 e. The van der Waals surface area contributed by atoms with Crippen molar-refractivity contribution in [1.82, 2.24) is 5.32 Å². The van der Waals surface area contributed by atoms with Crippen LogP contribution in [0.1, 0.15) is 25.0 Å². The Labute approximate surface area is 119 Å². The van der Waals surface area contributed by atoms with Gasteiger partial charge in [-0.05, 0) is 24.6 Å². The van der Waals surface area contributed by atoms with Crippen molar-refractivity contribution in [2.75, 3.05) is 20.8 Å². The van der Waals surface area contributed by atoms with Crippen LogP contribution in [0, 0.1) is 0 Å². The maximum Gasteiger partial charge on any atom is 0.222 e. The van der Waals surface area contributed by atoms with Gasteiger partial charge in [-0.3, -0.25) is 4.79 Å². The summed E-state index contributed by atoms with van der Waals surface area (Å²) in [6.07, 6.45) is 0.140. The molecule has 1 rings (SSSR count). The number of nitrogens with one attached hydrogen (secondary N) is 1. The Balaban J connectivity index is 2.63. The molecule has 1 aromatic rings. The minimum absolute atomic E-state index is 0.0506. The summed E-state index contributed by atoms with van der Waals surface area (Å²) in [5, 5.41) is 3.58. The van der Waals surface area contributed by atoms with Gasteiger partial charge in [0, 0.05) is 25.7 Å². The van der Waals surface area contributed by atoms with Crippen LogP contribution in [0.15, 0.2) is 24.3 Å². The second kappa shape index (κ2) is 8.15. The van der Waals surface area contributed by atoms with Crippen LogP contribution < -0.4 is 5.32 Å². The number of halogens is 1. The molecule has 0 aliphatic rings. The van der Waals surface area contributed by atoms with Gasteiger partial charge in [-0.15, -0.1) is 0 Å². The Bertz CT molecular complexity index is 394. The maximum absolute atomic E-state index is 11.7. The predicted octanol–water partition coefficient (Wildman–Crippen LogP) is 2.57. The Morgan fingerprint density at radius 1 is 1.32 bits per heavy atom. The summed E-state index contributed by atoms with van der Waals surface area (Å²) in [5.74, 6) is -0.0506. The molecule has 0 fully saturated rings. The lowest BCUT2D eigenvalue weighted by atomic mass is 10.0. The van der Waals surface area contributed by atoms with Crippen LogP contribution in [0.25, 0.3) is 0 Å². The second-order valence-electron chi connectivity index (χ2n) is 4.31. The molecule has 0 aromatic heterocycles. The zero-order valence-electron chi connectivity index (χ0n) is 11.5. The van der Waals surface area contributed by atoms with Gasteiger partial charge in [0.25, 0.3) is 0 Å². The highest BCUT2D eigenvalue weighted by atomic mass is 35.5. The van der Waals surface area contributed by atoms with Gasteiger partial charge in [0.15, 0.2) is 0 Å². The van der Waals surface area contributed by atoms with E-state index in [0.717, 1.165) is 5.56 Å². The average molecular weight is 286 g/mol. The van der Waals surface area contributed by atoms with E-state index < -0.39 is 0 Å². The van der Waals surface area contributed by atoms with Crippen molar-refractivity contribution < 1.29 is 14.3 Å². The lowest BCUT2D eigenvalue weighted by Crippen LogP contribution is -2.38. The summed E-state index contributed by atoms with van der Waals surface area (Å²) < 4.78 is 10.3. The summed E-state index contributed by atoms with van der Waals surface area (Å²) >= 11 is 5.86. The molecule has 2 atom stereocenters. The van der Waals surface area contributed by atoms with E-state index in [1.807, 2.05) is 31.2 Å². The smallest absolute Gasteiger partial charge is 0.222 e. The summed E-state index contributed by atoms with van der Waals surface area (Å²) in [4.78, 5) is 11.7. The number of ether oxygens (including phenoxy) is 2. The number of carbonyl (C=O) groups excluding carboxylic acids is 1. The number of hydrogen-bond acceptors (Lipinski definition) is 3. The van der Waals surface area contributed by atoms with Crippen molar-refractivity contribution >= 4 is 17.5 Å². The predicted molar refractivity (Wildman–Crippen MR) is 75.3 cm³/mol. The van der Waals surface area contributed by atoms with Crippen molar-refractivity contribution in [1.29, 1.82) is 0 Å². The lowest BCUT2D eigenvalue weighted by molar-refractivity contribution is -0.123. The SMILES string of the molecule is COCCC(=O)N[C@@H](C)[C@H](OC)c1ccc(Cl)cc1. The van der Waals surface area contributed by atoms with Gasteiger partial charge >= 0.3 is 0 Å². The van der Waals surface area contributed by atoms with E-state index in [0.29, 0.717) is 18.1 Å². The van der Waals surface area contributed by atoms with Gasteiger partial charge < -0.3 is 14.8 Å². The van der Waals surface area contributed by atoms with Crippen LogP contribution in [0.5, 0.6) is 0 Å². The highest BCUT2D eigenvalue weighted by Crippen LogP contribution is 2.22. The summed E-state index contributed by atoms with van der Waals surface area (Å²) in [5.41, 5.74) is 0.978. The van der Waals surface area contributed by atoms with Crippen molar-refractivity contribution in [3.63, 3.8) is 0 Å². The molecule has 1 N–H and O–H groups in total. The molecule has 0 bridgehead atoms. The standard InChI is InChI=1S/C14H20ClNO3/c1-10(16-13(17)8-9-18-2)14(19-3)11-4-6-12(15)7-5-11/h4-7,10,14H,8-9H2,1-3H3,(H,16,17)/t10-,14-/m0/s1. The fraction of sp³-hybridized carbons (Fsp3) is 0.500. The fourth-order valence-electron chi connectivity index (χ4n) is 1.88. The van der Waals surface area contributed by atoms with Gasteiger partial charge in [0.05, 0.1) is 12.6 Å². The van der Waals surface area contributed by atoms with E-state index in [-0.39, 0.29) is 18.1 Å². The monoisotopic (exact) mass is 285 g/mol. The molecular formula is C14H20ClNO3. The zero-order valence-corrected chi connectivity index (χ0v) is 12.2. The molecule has 5 heteroatoms. The summed E-state index contributed by atoms with van der Waals surface area (Å²) in [7, 11) is 3.19. The molecule has 0 radical (unpaired) electrons. The Morgan fingerprint density at radius 3 is 2.47 bits per heavy atom. The van der Waals surface area contributed by atoms with E-state index in [9.17, 15) is 4.79 Å². The first-order valence-corrected chi connectivity index (χ1v) is 6.52. The van der Waals surface area contributed by atoms with Gasteiger partial charge in [0.1, 0.15) is 6.10 Å². The van der Waals surface area contributed by atoms with Crippen molar-refractivity contribution in [2.24, 2.45) is 0 Å². The Kier molecular flexibility index (Phi) is 6.84. The van der Waals surface area contributed by atoms with Crippen LogP contribution in [0.2, 0.25) is 5.02 Å². The molecule has 1 aromatic carbocycles. The maximum atomic E-state index is 11.7. The van der Waals surface area contributed by atoms with E-state index in [1.54, 1.807) is 14.2 Å². The van der Waals surface area contributed by atoms with E-state index in [2.05, 4.69) is 5.32 Å². The number of carbonyl (C=O) groups is 1. The van der Waals surface area contributed by atoms with Crippen molar-refractivity contribution in [3.05, 3.63) is 34.9 Å². The normalized spacial score (nSPS) is 13.9. The summed E-state index contributed by atoms with van der Waals surface area (Å²) in [6.45, 7) is 2.32. The van der Waals surface area contributed by atoms with Crippen molar-refractivity contribution in [3.8, 4) is 0 Å². The van der Waals surface area contributed by atoms with Crippen LogP contribution in [0.4, 0.5) is 0 Å². The first-order chi connectivity index (χ1) is 9.08. The molecular weight excluding hydrogens is 266 g/mol. The van der Waals surface area contributed by atoms with E-state index in [1.165, 1.54) is 0 Å². The minimum atomic E-state index is -0.205. The molecule has 0 heterocycles. The van der Waals surface area contributed by atoms with E-state index >= 15 is 0 Å². The molecule has 0 aliphatic carbocycles. The quantitative estimate of drug-likeness (QED) is 0.837. The highest BCUT2D eigenvalue weighted by molar-refractivity contribution is 6.30. The fourth-order valence-corrected chi connectivity index (χ4v) is 2.00.